The molecule has 1 aliphatic carbocycles. The zero-order valence-corrected chi connectivity index (χ0v) is 15.2. The first kappa shape index (κ1) is 18.5. The van der Waals surface area contributed by atoms with E-state index in [1.807, 2.05) is 0 Å². The van der Waals surface area contributed by atoms with Crippen LogP contribution in [-0.4, -0.2) is 42.8 Å². The third kappa shape index (κ3) is 3.34. The van der Waals surface area contributed by atoms with Crippen LogP contribution in [0.5, 0.6) is 5.75 Å². The Kier molecular flexibility index (Phi) is 5.64. The van der Waals surface area contributed by atoms with Crippen LogP contribution in [-0.2, 0) is 4.79 Å². The van der Waals surface area contributed by atoms with Crippen molar-refractivity contribution in [2.75, 3.05) is 5.75 Å². The number of hydrogen-bond donors (Lipinski definition) is 4. The summed E-state index contributed by atoms with van der Waals surface area (Å²) in [7, 11) is 0. The number of aromatic hydroxyl groups is 1. The molecule has 0 aromatic carbocycles. The number of nitrogens with one attached hydrogen (secondary N) is 1. The number of nitrogens with zero attached hydrogens (tertiary/aromatic N) is 4. The second-order valence-corrected chi connectivity index (χ2v) is 6.98. The van der Waals surface area contributed by atoms with E-state index in [4.69, 9.17) is 5.84 Å². The minimum absolute atomic E-state index is 0.0249. The first-order chi connectivity index (χ1) is 12.6. The molecular weight excluding hydrogens is 352 g/mol. The van der Waals surface area contributed by atoms with Crippen LogP contribution < -0.4 is 5.84 Å². The van der Waals surface area contributed by atoms with Crippen LogP contribution in [0.4, 0.5) is 0 Å². The minimum atomic E-state index is -0.738. The number of fused-ring (bicyclic) bond motifs is 1. The van der Waals surface area contributed by atoms with Crippen molar-refractivity contribution in [3.05, 3.63) is 18.2 Å². The highest BCUT2D eigenvalue weighted by Crippen LogP contribution is 2.34. The van der Waals surface area contributed by atoms with Gasteiger partial charge in [0.2, 0.25) is 5.91 Å². The molecule has 1 saturated carbocycles. The number of hydrazine groups is 1. The molecule has 2 aromatic heterocycles. The van der Waals surface area contributed by atoms with Crippen LogP contribution in [0.2, 0.25) is 0 Å². The van der Waals surface area contributed by atoms with E-state index in [0.717, 1.165) is 25.7 Å². The summed E-state index contributed by atoms with van der Waals surface area (Å²) in [5.74, 6) is 5.47. The van der Waals surface area contributed by atoms with E-state index in [2.05, 4.69) is 33.6 Å². The van der Waals surface area contributed by atoms with Crippen LogP contribution >= 0.6 is 12.6 Å². The molecule has 2 unspecified atom stereocenters. The molecule has 2 atom stereocenters. The number of aromatic amines is 1. The van der Waals surface area contributed by atoms with Crippen molar-refractivity contribution in [2.45, 2.75) is 44.1 Å². The van der Waals surface area contributed by atoms with Gasteiger partial charge in [-0.2, -0.15) is 17.9 Å². The number of H-pyrrole nitrogens is 1. The molecule has 2 heterocycles. The zero-order valence-electron chi connectivity index (χ0n) is 14.3. The molecule has 0 bridgehead atoms. The van der Waals surface area contributed by atoms with Gasteiger partial charge in [0.1, 0.15) is 17.7 Å². The van der Waals surface area contributed by atoms with Crippen molar-refractivity contribution < 1.29 is 9.90 Å². The fourth-order valence-corrected chi connectivity index (χ4v) is 4.12. The number of hydrogen-bond acceptors (Lipinski definition) is 7. The predicted octanol–water partition coefficient (Wildman–Crippen LogP) is 1.85. The molecule has 1 fully saturated rings. The molecule has 1 aliphatic rings. The highest BCUT2D eigenvalue weighted by molar-refractivity contribution is 7.80. The minimum Gasteiger partial charge on any atom is -0.506 e. The second-order valence-electron chi connectivity index (χ2n) is 6.61. The van der Waals surface area contributed by atoms with Gasteiger partial charge in [0.25, 0.3) is 0 Å². The fourth-order valence-electron chi connectivity index (χ4n) is 3.79. The number of rotatable bonds is 6. The summed E-state index contributed by atoms with van der Waals surface area (Å²) >= 11 is 4.31. The van der Waals surface area contributed by atoms with Crippen LogP contribution in [0, 0.1) is 17.2 Å². The zero-order chi connectivity index (χ0) is 18.7. The smallest absolute Gasteiger partial charge is 0.246 e. The molecule has 2 aromatic rings. The van der Waals surface area contributed by atoms with E-state index in [-0.39, 0.29) is 35.8 Å². The summed E-state index contributed by atoms with van der Waals surface area (Å²) in [5, 5.41) is 20.8. The summed E-state index contributed by atoms with van der Waals surface area (Å²) in [4.78, 5) is 24.2. The van der Waals surface area contributed by atoms with Crippen molar-refractivity contribution in [1.29, 1.82) is 5.26 Å². The van der Waals surface area contributed by atoms with Gasteiger partial charge in [-0.15, -0.1) is 0 Å². The monoisotopic (exact) mass is 374 g/mol. The van der Waals surface area contributed by atoms with Crippen molar-refractivity contribution in [3.8, 4) is 11.8 Å². The molecule has 9 heteroatoms. The molecule has 138 valence electrons. The molecule has 3 rings (SSSR count). The second kappa shape index (κ2) is 7.93. The van der Waals surface area contributed by atoms with E-state index in [9.17, 15) is 15.2 Å². The van der Waals surface area contributed by atoms with Crippen molar-refractivity contribution in [1.82, 2.24) is 20.0 Å². The topological polar surface area (TPSA) is 132 Å². The molecule has 0 saturated heterocycles. The molecule has 26 heavy (non-hydrogen) atoms. The van der Waals surface area contributed by atoms with Gasteiger partial charge >= 0.3 is 0 Å². The van der Waals surface area contributed by atoms with Crippen molar-refractivity contribution in [2.24, 2.45) is 11.8 Å². The van der Waals surface area contributed by atoms with Gasteiger partial charge in [0.05, 0.1) is 35.5 Å². The van der Waals surface area contributed by atoms with Gasteiger partial charge in [-0.3, -0.25) is 9.80 Å². The highest BCUT2D eigenvalue weighted by atomic mass is 32.1. The van der Waals surface area contributed by atoms with E-state index in [1.165, 1.54) is 17.5 Å². The van der Waals surface area contributed by atoms with Crippen LogP contribution in [0.25, 0.3) is 11.0 Å². The first-order valence-corrected chi connectivity index (χ1v) is 9.28. The van der Waals surface area contributed by atoms with Crippen molar-refractivity contribution >= 4 is 29.6 Å². The lowest BCUT2D eigenvalue weighted by Crippen LogP contribution is -2.50. The highest BCUT2D eigenvalue weighted by Gasteiger charge is 2.35. The van der Waals surface area contributed by atoms with E-state index >= 15 is 0 Å². The van der Waals surface area contributed by atoms with Gasteiger partial charge in [-0.1, -0.05) is 12.8 Å². The molecule has 1 amide bonds. The summed E-state index contributed by atoms with van der Waals surface area (Å²) < 4.78 is 0. The largest absolute Gasteiger partial charge is 0.506 e. The SMILES string of the molecule is N#CCC(C1CCCC1)N(N)C(=O)C(CS)c1ncnc2[nH]cc(O)c12. The molecule has 0 aliphatic heterocycles. The number of thiol groups is 1. The van der Waals surface area contributed by atoms with Gasteiger partial charge in [-0.05, 0) is 18.8 Å². The van der Waals surface area contributed by atoms with Crippen LogP contribution in [0.15, 0.2) is 12.5 Å². The average molecular weight is 374 g/mol. The maximum Gasteiger partial charge on any atom is 0.246 e. The number of nitrogens with two attached hydrogens (primary N) is 1. The average Bonchev–Trinajstić information content (AvgIpc) is 3.30. The molecular formula is C17H22N6O2S. The maximum absolute atomic E-state index is 13.1. The number of aromatic nitrogens is 3. The Hall–Kier alpha value is -2.31. The maximum atomic E-state index is 13.1. The molecule has 8 nitrogen and oxygen atoms in total. The van der Waals surface area contributed by atoms with E-state index in [0.29, 0.717) is 16.7 Å². The van der Waals surface area contributed by atoms with Gasteiger partial charge < -0.3 is 10.1 Å². The molecule has 4 N–H and O–H groups in total. The molecule has 0 radical (unpaired) electrons. The summed E-state index contributed by atoms with van der Waals surface area (Å²) in [5.41, 5.74) is 0.825. The Morgan fingerprint density at radius 2 is 2.23 bits per heavy atom. The number of carbonyl (C=O) groups excluding carboxylic acids is 1. The lowest BCUT2D eigenvalue weighted by Gasteiger charge is -2.32. The lowest BCUT2D eigenvalue weighted by molar-refractivity contribution is -0.136. The standard InChI is InChI=1S/C17H22N6O2S/c18-6-5-12(10-3-1-2-4-10)23(19)17(25)11(8-26)15-14-13(24)7-20-16(14)22-9-21-15/h7,9-12,24,26H,1-5,8,19H2,(H,20,21,22). The van der Waals surface area contributed by atoms with Crippen LogP contribution in [0.3, 0.4) is 0 Å². The Labute approximate surface area is 156 Å². The lowest BCUT2D eigenvalue weighted by atomic mass is 9.93. The number of amides is 1. The van der Waals surface area contributed by atoms with Crippen LogP contribution in [0.1, 0.15) is 43.7 Å². The third-order valence-electron chi connectivity index (χ3n) is 5.15. The number of carbonyl (C=O) groups is 1. The Morgan fingerprint density at radius 1 is 1.50 bits per heavy atom. The quantitative estimate of drug-likeness (QED) is 0.264. The Bertz CT molecular complexity index is 826. The third-order valence-corrected chi connectivity index (χ3v) is 5.51. The summed E-state index contributed by atoms with van der Waals surface area (Å²) in [6.07, 6.45) is 7.05. The Morgan fingerprint density at radius 3 is 2.88 bits per heavy atom. The first-order valence-electron chi connectivity index (χ1n) is 8.65. The number of nitriles is 1. The summed E-state index contributed by atoms with van der Waals surface area (Å²) in [6, 6.07) is 1.82. The van der Waals surface area contributed by atoms with Gasteiger partial charge in [0, 0.05) is 11.9 Å². The normalized spacial score (nSPS) is 17.1. The fraction of sp³-hybridized carbons (Fsp3) is 0.529. The van der Waals surface area contributed by atoms with Gasteiger partial charge in [-0.25, -0.2) is 15.8 Å². The van der Waals surface area contributed by atoms with E-state index in [1.54, 1.807) is 0 Å². The predicted molar refractivity (Wildman–Crippen MR) is 99.2 cm³/mol. The van der Waals surface area contributed by atoms with Gasteiger partial charge in [0.15, 0.2) is 0 Å². The van der Waals surface area contributed by atoms with Crippen molar-refractivity contribution in [3.63, 3.8) is 0 Å². The Balaban J connectivity index is 1.92. The summed E-state index contributed by atoms with van der Waals surface area (Å²) in [6.45, 7) is 0. The molecule has 0 spiro atoms. The van der Waals surface area contributed by atoms with E-state index < -0.39 is 5.92 Å².